The largest absolute Gasteiger partial charge is 0.454 e. The van der Waals surface area contributed by atoms with Gasteiger partial charge in [-0.1, -0.05) is 0 Å². The minimum absolute atomic E-state index is 0.270. The molecule has 3 nitrogen and oxygen atoms in total. The third-order valence-corrected chi connectivity index (χ3v) is 3.12. The monoisotopic (exact) mass is 400 g/mol. The lowest BCUT2D eigenvalue weighted by Gasteiger charge is -2.07. The van der Waals surface area contributed by atoms with Crippen LogP contribution >= 0.6 is 38.5 Å². The molecule has 0 unspecified atom stereocenters. The molecule has 0 saturated heterocycles. The summed E-state index contributed by atoms with van der Waals surface area (Å²) in [6.07, 6.45) is 1.57. The van der Waals surface area contributed by atoms with Crippen molar-refractivity contribution in [2.24, 2.45) is 0 Å². The van der Waals surface area contributed by atoms with Crippen LogP contribution in [0.15, 0.2) is 41.0 Å². The number of nitriles is 1. The van der Waals surface area contributed by atoms with Gasteiger partial charge < -0.3 is 4.74 Å². The summed E-state index contributed by atoms with van der Waals surface area (Å²) < 4.78 is 7.52. The molecule has 0 bridgehead atoms. The molecule has 0 aliphatic heterocycles. The van der Waals surface area contributed by atoms with Crippen molar-refractivity contribution >= 4 is 38.5 Å². The topological polar surface area (TPSA) is 45.9 Å². The second-order valence-electron chi connectivity index (χ2n) is 3.17. The lowest BCUT2D eigenvalue weighted by Crippen LogP contribution is -1.91. The Balaban J connectivity index is 2.32. The van der Waals surface area contributed by atoms with Crippen LogP contribution in [0.3, 0.4) is 0 Å². The van der Waals surface area contributed by atoms with E-state index >= 15 is 0 Å². The highest BCUT2D eigenvalue weighted by Gasteiger charge is 2.06. The summed E-state index contributed by atoms with van der Waals surface area (Å²) in [6.45, 7) is 0. The molecule has 1 heterocycles. The van der Waals surface area contributed by atoms with Gasteiger partial charge in [-0.15, -0.1) is 0 Å². The van der Waals surface area contributed by atoms with E-state index in [1.54, 1.807) is 12.3 Å². The van der Waals surface area contributed by atoms with E-state index in [2.05, 4.69) is 43.5 Å². The quantitative estimate of drug-likeness (QED) is 0.712. The van der Waals surface area contributed by atoms with E-state index in [9.17, 15) is 0 Å². The predicted molar refractivity (Wildman–Crippen MR) is 75.9 cm³/mol. The molecule has 17 heavy (non-hydrogen) atoms. The average molecular weight is 401 g/mol. The van der Waals surface area contributed by atoms with Crippen LogP contribution < -0.4 is 4.74 Å². The zero-order valence-corrected chi connectivity index (χ0v) is 12.3. The van der Waals surface area contributed by atoms with E-state index in [-0.39, 0.29) is 5.69 Å². The Morgan fingerprint density at radius 3 is 2.65 bits per heavy atom. The summed E-state index contributed by atoms with van der Waals surface area (Å²) in [5.74, 6) is 1.13. The molecule has 84 valence electrons. The molecule has 0 aliphatic rings. The molecule has 1 aromatic carbocycles. The van der Waals surface area contributed by atoms with E-state index in [4.69, 9.17) is 10.00 Å². The first-order valence-corrected chi connectivity index (χ1v) is 6.55. The van der Waals surface area contributed by atoms with Crippen molar-refractivity contribution in [3.63, 3.8) is 0 Å². The number of pyridine rings is 1. The molecule has 1 aromatic heterocycles. The third kappa shape index (κ3) is 3.17. The summed E-state index contributed by atoms with van der Waals surface area (Å²) in [6, 6.07) is 11.3. The second kappa shape index (κ2) is 5.47. The van der Waals surface area contributed by atoms with Crippen LogP contribution in [0.1, 0.15) is 5.69 Å². The Kier molecular flexibility index (Phi) is 3.97. The van der Waals surface area contributed by atoms with Crippen LogP contribution in [0.2, 0.25) is 0 Å². The second-order valence-corrected chi connectivity index (χ2v) is 5.33. The van der Waals surface area contributed by atoms with Gasteiger partial charge in [0.25, 0.3) is 0 Å². The van der Waals surface area contributed by atoms with Gasteiger partial charge in [-0.05, 0) is 68.9 Å². The Bertz CT molecular complexity index is 578. The van der Waals surface area contributed by atoms with Crippen molar-refractivity contribution in [1.82, 2.24) is 4.98 Å². The van der Waals surface area contributed by atoms with Gasteiger partial charge in [0.05, 0.1) is 0 Å². The third-order valence-electron chi connectivity index (χ3n) is 1.97. The van der Waals surface area contributed by atoms with Gasteiger partial charge in [-0.25, -0.2) is 4.98 Å². The molecular formula is C12H6BrIN2O. The lowest BCUT2D eigenvalue weighted by molar-refractivity contribution is 0.478. The smallest absolute Gasteiger partial charge is 0.183 e. The Hall–Kier alpha value is -1.13. The van der Waals surface area contributed by atoms with Crippen molar-refractivity contribution in [3.8, 4) is 17.6 Å². The van der Waals surface area contributed by atoms with Gasteiger partial charge in [0.2, 0.25) is 0 Å². The van der Waals surface area contributed by atoms with Gasteiger partial charge in [0, 0.05) is 14.2 Å². The summed E-state index contributed by atoms with van der Waals surface area (Å²) >= 11 is 5.52. The lowest BCUT2D eigenvalue weighted by atomic mass is 10.3. The van der Waals surface area contributed by atoms with Crippen molar-refractivity contribution in [2.75, 3.05) is 0 Å². The number of halogens is 2. The molecular weight excluding hydrogens is 395 g/mol. The van der Waals surface area contributed by atoms with Crippen LogP contribution in [0, 0.1) is 14.9 Å². The maximum atomic E-state index is 8.92. The number of nitrogens with zero attached hydrogens (tertiary/aromatic N) is 2. The molecule has 0 amide bonds. The fraction of sp³-hybridized carbons (Fsp3) is 0. The SMILES string of the molecule is N#Cc1ncc(Br)cc1Oc1ccc(I)cc1. The van der Waals surface area contributed by atoms with Crippen molar-refractivity contribution in [2.45, 2.75) is 0 Å². The predicted octanol–water partition coefficient (Wildman–Crippen LogP) is 4.11. The Morgan fingerprint density at radius 1 is 1.29 bits per heavy atom. The summed E-state index contributed by atoms with van der Waals surface area (Å²) in [4.78, 5) is 3.98. The van der Waals surface area contributed by atoms with Crippen molar-refractivity contribution < 1.29 is 4.74 Å². The number of rotatable bonds is 2. The zero-order chi connectivity index (χ0) is 12.3. The Morgan fingerprint density at radius 2 is 2.00 bits per heavy atom. The highest BCUT2D eigenvalue weighted by Crippen LogP contribution is 2.26. The summed E-state index contributed by atoms with van der Waals surface area (Å²) in [5, 5.41) is 8.92. The van der Waals surface area contributed by atoms with Crippen LogP contribution in [0.25, 0.3) is 0 Å². The first kappa shape index (κ1) is 12.3. The van der Waals surface area contributed by atoms with E-state index in [0.717, 1.165) is 8.04 Å². The molecule has 0 atom stereocenters. The summed E-state index contributed by atoms with van der Waals surface area (Å²) in [7, 11) is 0. The summed E-state index contributed by atoms with van der Waals surface area (Å²) in [5.41, 5.74) is 0.270. The molecule has 0 fully saturated rings. The average Bonchev–Trinajstić information content (AvgIpc) is 2.32. The van der Waals surface area contributed by atoms with Crippen LogP contribution in [0.5, 0.6) is 11.5 Å². The van der Waals surface area contributed by atoms with Gasteiger partial charge in [0.15, 0.2) is 11.4 Å². The number of benzene rings is 1. The number of aromatic nitrogens is 1. The van der Waals surface area contributed by atoms with Crippen LogP contribution in [0.4, 0.5) is 0 Å². The number of hydrogen-bond donors (Lipinski definition) is 0. The van der Waals surface area contributed by atoms with E-state index in [1.165, 1.54) is 0 Å². The normalized spacial score (nSPS) is 9.71. The molecule has 0 aliphatic carbocycles. The van der Waals surface area contributed by atoms with Crippen molar-refractivity contribution in [3.05, 3.63) is 50.3 Å². The van der Waals surface area contributed by atoms with Gasteiger partial charge >= 0.3 is 0 Å². The molecule has 5 heteroatoms. The maximum Gasteiger partial charge on any atom is 0.183 e. The van der Waals surface area contributed by atoms with Crippen molar-refractivity contribution in [1.29, 1.82) is 5.26 Å². The van der Waals surface area contributed by atoms with Gasteiger partial charge in [0.1, 0.15) is 11.8 Å². The van der Waals surface area contributed by atoms with E-state index < -0.39 is 0 Å². The van der Waals surface area contributed by atoms with Gasteiger partial charge in [-0.3, -0.25) is 0 Å². The Labute approximate surface area is 121 Å². The molecule has 0 N–H and O–H groups in total. The fourth-order valence-corrected chi connectivity index (χ4v) is 1.88. The zero-order valence-electron chi connectivity index (χ0n) is 8.52. The molecule has 0 radical (unpaired) electrons. The van der Waals surface area contributed by atoms with Crippen LogP contribution in [-0.4, -0.2) is 4.98 Å². The van der Waals surface area contributed by atoms with E-state index in [1.807, 2.05) is 30.3 Å². The first-order chi connectivity index (χ1) is 8.19. The number of hydrogen-bond acceptors (Lipinski definition) is 3. The molecule has 2 aromatic rings. The highest BCUT2D eigenvalue weighted by molar-refractivity contribution is 14.1. The molecule has 2 rings (SSSR count). The number of ether oxygens (including phenoxy) is 1. The standard InChI is InChI=1S/C12H6BrIN2O/c13-8-5-12(11(6-15)16-7-8)17-10-3-1-9(14)2-4-10/h1-5,7H. The molecule has 0 saturated carbocycles. The maximum absolute atomic E-state index is 8.92. The minimum atomic E-state index is 0.270. The fourth-order valence-electron chi connectivity index (χ4n) is 1.21. The van der Waals surface area contributed by atoms with Gasteiger partial charge in [-0.2, -0.15) is 5.26 Å². The molecule has 0 spiro atoms. The first-order valence-electron chi connectivity index (χ1n) is 4.68. The minimum Gasteiger partial charge on any atom is -0.454 e. The van der Waals surface area contributed by atoms with E-state index in [0.29, 0.717) is 11.5 Å². The van der Waals surface area contributed by atoms with Crippen LogP contribution in [-0.2, 0) is 0 Å². The highest BCUT2D eigenvalue weighted by atomic mass is 127.